The van der Waals surface area contributed by atoms with Gasteiger partial charge in [0.25, 0.3) is 0 Å². The first-order chi connectivity index (χ1) is 15.2. The van der Waals surface area contributed by atoms with Crippen molar-refractivity contribution in [3.05, 3.63) is 54.2 Å². The Labute approximate surface area is 182 Å². The zero-order chi connectivity index (χ0) is 23.1. The molecule has 2 aromatic heterocycles. The number of nitrogens with zero attached hydrogens (tertiary/aromatic N) is 2. The number of alkyl halides is 3. The molecule has 2 aromatic rings. The number of furan rings is 1. The number of nitrogens with one attached hydrogen (secondary N) is 1. The third kappa shape index (κ3) is 6.54. The average Bonchev–Trinajstić information content (AvgIpc) is 3.44. The van der Waals surface area contributed by atoms with Crippen molar-refractivity contribution in [1.29, 1.82) is 0 Å². The van der Waals surface area contributed by atoms with E-state index in [1.165, 1.54) is 0 Å². The number of carbonyl (C=O) groups excluding carboxylic acids is 1. The van der Waals surface area contributed by atoms with Crippen LogP contribution < -0.4 is 5.32 Å². The largest absolute Gasteiger partial charge is 0.490 e. The number of carboxylic acid groups (broad SMARTS) is 1. The third-order valence-electron chi connectivity index (χ3n) is 5.34. The Balaban J connectivity index is 0.000000360. The molecule has 1 amide bonds. The highest BCUT2D eigenvalue weighted by Gasteiger charge is 2.42. The van der Waals surface area contributed by atoms with Crippen molar-refractivity contribution >= 4 is 11.9 Å². The van der Waals surface area contributed by atoms with E-state index in [1.807, 2.05) is 36.5 Å². The number of fused-ring (bicyclic) bond motifs is 1. The van der Waals surface area contributed by atoms with Crippen molar-refractivity contribution in [2.45, 2.75) is 44.3 Å². The van der Waals surface area contributed by atoms with Crippen LogP contribution >= 0.6 is 0 Å². The van der Waals surface area contributed by atoms with E-state index < -0.39 is 12.1 Å². The van der Waals surface area contributed by atoms with E-state index in [2.05, 4.69) is 15.2 Å². The van der Waals surface area contributed by atoms with Gasteiger partial charge < -0.3 is 19.6 Å². The summed E-state index contributed by atoms with van der Waals surface area (Å²) < 4.78 is 42.9. The molecule has 0 bridgehead atoms. The normalized spacial score (nSPS) is 23.0. The van der Waals surface area contributed by atoms with Crippen molar-refractivity contribution in [1.82, 2.24) is 15.2 Å². The molecule has 0 radical (unpaired) electrons. The molecule has 174 valence electrons. The lowest BCUT2D eigenvalue weighted by molar-refractivity contribution is -0.192. The first-order valence-corrected chi connectivity index (χ1v) is 10.1. The van der Waals surface area contributed by atoms with Gasteiger partial charge in [0, 0.05) is 31.9 Å². The van der Waals surface area contributed by atoms with Gasteiger partial charge in [-0.1, -0.05) is 6.07 Å². The molecule has 32 heavy (non-hydrogen) atoms. The molecular weight excluding hydrogens is 431 g/mol. The molecule has 0 unspecified atom stereocenters. The molecule has 0 aliphatic carbocycles. The van der Waals surface area contributed by atoms with E-state index in [1.54, 1.807) is 6.26 Å². The molecule has 2 N–H and O–H groups in total. The predicted octanol–water partition coefficient (Wildman–Crippen LogP) is 2.60. The summed E-state index contributed by atoms with van der Waals surface area (Å²) in [6.45, 7) is 2.70. The van der Waals surface area contributed by atoms with Crippen LogP contribution in [0.5, 0.6) is 0 Å². The summed E-state index contributed by atoms with van der Waals surface area (Å²) in [6, 6.07) is 10.0. The maximum atomic E-state index is 12.6. The van der Waals surface area contributed by atoms with Crippen LogP contribution in [0.3, 0.4) is 0 Å². The summed E-state index contributed by atoms with van der Waals surface area (Å²) in [6.07, 6.45) is 0.297. The van der Waals surface area contributed by atoms with Crippen molar-refractivity contribution in [2.24, 2.45) is 5.92 Å². The van der Waals surface area contributed by atoms with E-state index in [4.69, 9.17) is 19.1 Å². The molecule has 11 heteroatoms. The number of pyridine rings is 1. The maximum Gasteiger partial charge on any atom is 0.490 e. The number of hydrogen-bond donors (Lipinski definition) is 2. The summed E-state index contributed by atoms with van der Waals surface area (Å²) in [5.74, 6) is -1.99. The second-order valence-corrected chi connectivity index (χ2v) is 7.55. The highest BCUT2D eigenvalue weighted by atomic mass is 19.4. The zero-order valence-corrected chi connectivity index (χ0v) is 17.1. The minimum Gasteiger partial charge on any atom is -0.475 e. The van der Waals surface area contributed by atoms with Gasteiger partial charge in [0.05, 0.1) is 30.5 Å². The van der Waals surface area contributed by atoms with Crippen molar-refractivity contribution in [2.75, 3.05) is 13.2 Å². The van der Waals surface area contributed by atoms with Crippen LogP contribution in [0.2, 0.25) is 0 Å². The SMILES string of the molecule is O=C(NCc1ccco1)[C@@H]1C[C@H]2OCC[C@H]2N(Cc2ccccn2)C1.O=C(O)C(F)(F)F. The molecule has 4 heterocycles. The van der Waals surface area contributed by atoms with E-state index in [9.17, 15) is 18.0 Å². The molecule has 2 aliphatic heterocycles. The fraction of sp³-hybridized carbons (Fsp3) is 0.476. The summed E-state index contributed by atoms with van der Waals surface area (Å²) in [5, 5.41) is 10.1. The summed E-state index contributed by atoms with van der Waals surface area (Å²) in [7, 11) is 0. The molecule has 2 fully saturated rings. The second kappa shape index (κ2) is 10.6. The molecular formula is C21H24F3N3O5. The fourth-order valence-electron chi connectivity index (χ4n) is 3.86. The number of carboxylic acids is 1. The summed E-state index contributed by atoms with van der Waals surface area (Å²) in [5.41, 5.74) is 1.03. The maximum absolute atomic E-state index is 12.6. The van der Waals surface area contributed by atoms with Gasteiger partial charge in [-0.05, 0) is 37.1 Å². The molecule has 2 saturated heterocycles. The molecule has 4 rings (SSSR count). The van der Waals surface area contributed by atoms with Crippen LogP contribution in [0.25, 0.3) is 0 Å². The Morgan fingerprint density at radius 1 is 1.25 bits per heavy atom. The lowest BCUT2D eigenvalue weighted by Gasteiger charge is -2.40. The number of aromatic nitrogens is 1. The summed E-state index contributed by atoms with van der Waals surface area (Å²) >= 11 is 0. The first kappa shape index (κ1) is 23.7. The van der Waals surface area contributed by atoms with Crippen LogP contribution in [0.1, 0.15) is 24.3 Å². The smallest absolute Gasteiger partial charge is 0.475 e. The Morgan fingerprint density at radius 3 is 2.66 bits per heavy atom. The Hall–Kier alpha value is -2.92. The quantitative estimate of drug-likeness (QED) is 0.714. The molecule has 0 spiro atoms. The molecule has 2 aliphatic rings. The van der Waals surface area contributed by atoms with Gasteiger partial charge in [-0.2, -0.15) is 13.2 Å². The topological polar surface area (TPSA) is 105 Å². The second-order valence-electron chi connectivity index (χ2n) is 7.55. The van der Waals surface area contributed by atoms with Gasteiger partial charge >= 0.3 is 12.1 Å². The number of ether oxygens (including phenoxy) is 1. The lowest BCUT2D eigenvalue weighted by Crippen LogP contribution is -2.52. The van der Waals surface area contributed by atoms with Gasteiger partial charge in [0.1, 0.15) is 5.76 Å². The third-order valence-corrected chi connectivity index (χ3v) is 5.34. The fourth-order valence-corrected chi connectivity index (χ4v) is 3.86. The molecule has 0 aromatic carbocycles. The Kier molecular flexibility index (Phi) is 7.86. The van der Waals surface area contributed by atoms with Gasteiger partial charge in [-0.25, -0.2) is 4.79 Å². The molecule has 0 saturated carbocycles. The number of carbonyl (C=O) groups is 2. The van der Waals surface area contributed by atoms with E-state index in [0.717, 1.165) is 44.0 Å². The summed E-state index contributed by atoms with van der Waals surface area (Å²) in [4.78, 5) is 28.3. The average molecular weight is 455 g/mol. The standard InChI is InChI=1S/C19H23N3O3.C2HF3O2/c23-19(21-11-16-5-3-8-24-16)14-10-18-17(6-9-25-18)22(12-14)13-15-4-1-2-7-20-15;3-2(4,5)1(6)7/h1-5,7-8,14,17-18H,6,9-13H2,(H,21,23);(H,6,7)/t14-,17-,18-;/m1./s1. The highest BCUT2D eigenvalue weighted by Crippen LogP contribution is 2.32. The van der Waals surface area contributed by atoms with Gasteiger partial charge in [0.2, 0.25) is 5.91 Å². The number of halogens is 3. The number of hydrogen-bond acceptors (Lipinski definition) is 6. The van der Waals surface area contributed by atoms with Gasteiger partial charge in [0.15, 0.2) is 0 Å². The Bertz CT molecular complexity index is 877. The van der Waals surface area contributed by atoms with Gasteiger partial charge in [-0.3, -0.25) is 14.7 Å². The highest BCUT2D eigenvalue weighted by molar-refractivity contribution is 5.79. The monoisotopic (exact) mass is 455 g/mol. The van der Waals surface area contributed by atoms with Crippen LogP contribution in [-0.4, -0.2) is 58.3 Å². The number of rotatable bonds is 5. The van der Waals surface area contributed by atoms with Crippen LogP contribution in [0, 0.1) is 5.92 Å². The van der Waals surface area contributed by atoms with E-state index in [0.29, 0.717) is 12.6 Å². The van der Waals surface area contributed by atoms with Crippen LogP contribution in [0.4, 0.5) is 13.2 Å². The van der Waals surface area contributed by atoms with Crippen LogP contribution in [0.15, 0.2) is 47.2 Å². The number of aliphatic carboxylic acids is 1. The van der Waals surface area contributed by atoms with Gasteiger partial charge in [-0.15, -0.1) is 0 Å². The van der Waals surface area contributed by atoms with Crippen molar-refractivity contribution in [3.63, 3.8) is 0 Å². The number of piperidine rings is 1. The predicted molar refractivity (Wildman–Crippen MR) is 105 cm³/mol. The first-order valence-electron chi connectivity index (χ1n) is 10.1. The van der Waals surface area contributed by atoms with Crippen molar-refractivity contribution < 1.29 is 37.0 Å². The number of amides is 1. The van der Waals surface area contributed by atoms with Crippen molar-refractivity contribution in [3.8, 4) is 0 Å². The lowest BCUT2D eigenvalue weighted by atomic mass is 9.89. The molecule has 3 atom stereocenters. The van der Waals surface area contributed by atoms with E-state index >= 15 is 0 Å². The van der Waals surface area contributed by atoms with Crippen LogP contribution in [-0.2, 0) is 27.4 Å². The Morgan fingerprint density at radius 2 is 2.03 bits per heavy atom. The van der Waals surface area contributed by atoms with E-state index in [-0.39, 0.29) is 17.9 Å². The zero-order valence-electron chi connectivity index (χ0n) is 17.1. The minimum absolute atomic E-state index is 0.0661. The molecule has 8 nitrogen and oxygen atoms in total. The number of likely N-dealkylation sites (tertiary alicyclic amines) is 1. The minimum atomic E-state index is -5.08.